The van der Waals surface area contributed by atoms with Gasteiger partial charge in [0.05, 0.1) is 5.56 Å². The van der Waals surface area contributed by atoms with E-state index in [-0.39, 0.29) is 11.3 Å². The Kier molecular flexibility index (Phi) is 5.60. The highest BCUT2D eigenvalue weighted by Gasteiger charge is 2.37. The number of hydrogen-bond donors (Lipinski definition) is 0. The number of esters is 1. The van der Waals surface area contributed by atoms with Crippen molar-refractivity contribution >= 4 is 5.97 Å². The fraction of sp³-hybridized carbons (Fsp3) is 0.409. The maximum absolute atomic E-state index is 14.3. The molecule has 0 aromatic heterocycles. The van der Waals surface area contributed by atoms with Gasteiger partial charge in [0.25, 0.3) is 0 Å². The van der Waals surface area contributed by atoms with Gasteiger partial charge in [-0.25, -0.2) is 9.18 Å². The summed E-state index contributed by atoms with van der Waals surface area (Å²) >= 11 is 0. The number of ether oxygens (including phenoxy) is 2. The lowest BCUT2D eigenvalue weighted by molar-refractivity contribution is 0.0204. The Hall–Kier alpha value is -2.36. The molecule has 4 heteroatoms. The molecule has 0 N–H and O–H groups in total. The van der Waals surface area contributed by atoms with Crippen molar-refractivity contribution in [3.63, 3.8) is 0 Å². The third kappa shape index (κ3) is 4.06. The fourth-order valence-electron chi connectivity index (χ4n) is 3.59. The summed E-state index contributed by atoms with van der Waals surface area (Å²) in [5.41, 5.74) is -0.158. The molecular formula is C22H25FO3. The first kappa shape index (κ1) is 18.4. The number of halogens is 1. The molecule has 1 atom stereocenters. The Morgan fingerprint density at radius 2 is 1.85 bits per heavy atom. The zero-order valence-electron chi connectivity index (χ0n) is 15.3. The minimum atomic E-state index is -0.528. The van der Waals surface area contributed by atoms with E-state index in [4.69, 9.17) is 9.47 Å². The van der Waals surface area contributed by atoms with Crippen LogP contribution in [0.1, 0.15) is 56.3 Å². The lowest BCUT2D eigenvalue weighted by Gasteiger charge is -2.35. The topological polar surface area (TPSA) is 35.5 Å². The predicted octanol–water partition coefficient (Wildman–Crippen LogP) is 5.78. The minimum Gasteiger partial charge on any atom is -0.484 e. The van der Waals surface area contributed by atoms with Crippen LogP contribution in [0.15, 0.2) is 48.5 Å². The highest BCUT2D eigenvalue weighted by molar-refractivity contribution is 5.91. The standard InChI is InChI=1S/C22H25FO3/c1-3-22(2,17-9-7-8-10-17)26-20-15-16(13-14-19(20)23)21(24)25-18-11-5-4-6-12-18/h4-6,11-15,17H,3,7-10H2,1-2H3. The molecule has 0 radical (unpaired) electrons. The number of para-hydroxylation sites is 1. The Labute approximate surface area is 154 Å². The molecule has 1 unspecified atom stereocenters. The first-order valence-corrected chi connectivity index (χ1v) is 9.27. The highest BCUT2D eigenvalue weighted by atomic mass is 19.1. The van der Waals surface area contributed by atoms with Crippen molar-refractivity contribution in [1.29, 1.82) is 0 Å². The first-order chi connectivity index (χ1) is 12.5. The van der Waals surface area contributed by atoms with Crippen molar-refractivity contribution in [2.45, 2.75) is 51.6 Å². The summed E-state index contributed by atoms with van der Waals surface area (Å²) in [6, 6.07) is 13.0. The number of hydrogen-bond acceptors (Lipinski definition) is 3. The number of rotatable bonds is 6. The van der Waals surface area contributed by atoms with Gasteiger partial charge in [-0.15, -0.1) is 0 Å². The Balaban J connectivity index is 1.79. The van der Waals surface area contributed by atoms with E-state index in [1.54, 1.807) is 24.3 Å². The van der Waals surface area contributed by atoms with Crippen LogP contribution in [0.4, 0.5) is 4.39 Å². The smallest absolute Gasteiger partial charge is 0.343 e. The van der Waals surface area contributed by atoms with E-state index in [0.717, 1.165) is 19.3 Å². The summed E-state index contributed by atoms with van der Waals surface area (Å²) in [5.74, 6) is -0.0108. The lowest BCUT2D eigenvalue weighted by Crippen LogP contribution is -2.39. The normalized spacial score (nSPS) is 16.9. The van der Waals surface area contributed by atoms with Crippen LogP contribution in [-0.4, -0.2) is 11.6 Å². The molecule has 1 aliphatic rings. The molecule has 0 spiro atoms. The van der Waals surface area contributed by atoms with Gasteiger partial charge in [-0.05, 0) is 62.4 Å². The van der Waals surface area contributed by atoms with Crippen LogP contribution in [0, 0.1) is 11.7 Å². The van der Waals surface area contributed by atoms with Crippen molar-refractivity contribution in [2.75, 3.05) is 0 Å². The van der Waals surface area contributed by atoms with Crippen LogP contribution in [-0.2, 0) is 0 Å². The third-order valence-corrected chi connectivity index (χ3v) is 5.38. The molecule has 0 heterocycles. The van der Waals surface area contributed by atoms with Crippen molar-refractivity contribution < 1.29 is 18.7 Å². The van der Waals surface area contributed by atoms with E-state index < -0.39 is 17.4 Å². The Morgan fingerprint density at radius 1 is 1.15 bits per heavy atom. The van der Waals surface area contributed by atoms with Crippen LogP contribution in [0.5, 0.6) is 11.5 Å². The monoisotopic (exact) mass is 356 g/mol. The summed E-state index contributed by atoms with van der Waals surface area (Å²) in [6.07, 6.45) is 5.37. The van der Waals surface area contributed by atoms with Crippen LogP contribution >= 0.6 is 0 Å². The van der Waals surface area contributed by atoms with Gasteiger partial charge in [0.2, 0.25) is 0 Å². The van der Waals surface area contributed by atoms with Gasteiger partial charge in [0.1, 0.15) is 11.4 Å². The summed E-state index contributed by atoms with van der Waals surface area (Å²) in [4.78, 5) is 12.4. The summed E-state index contributed by atoms with van der Waals surface area (Å²) in [7, 11) is 0. The van der Waals surface area contributed by atoms with E-state index in [1.807, 2.05) is 13.0 Å². The van der Waals surface area contributed by atoms with Crippen LogP contribution < -0.4 is 9.47 Å². The lowest BCUT2D eigenvalue weighted by atomic mass is 9.85. The van der Waals surface area contributed by atoms with E-state index in [2.05, 4.69) is 6.92 Å². The minimum absolute atomic E-state index is 0.115. The van der Waals surface area contributed by atoms with Gasteiger partial charge in [-0.3, -0.25) is 0 Å². The average Bonchev–Trinajstić information content (AvgIpc) is 3.20. The molecule has 2 aromatic rings. The maximum atomic E-state index is 14.3. The van der Waals surface area contributed by atoms with Gasteiger partial charge in [-0.1, -0.05) is 38.0 Å². The van der Waals surface area contributed by atoms with Gasteiger partial charge < -0.3 is 9.47 Å². The zero-order valence-corrected chi connectivity index (χ0v) is 15.3. The summed E-state index contributed by atoms with van der Waals surface area (Å²) in [6.45, 7) is 4.10. The van der Waals surface area contributed by atoms with Crippen molar-refractivity contribution in [1.82, 2.24) is 0 Å². The molecule has 0 aliphatic heterocycles. The molecule has 138 valence electrons. The molecule has 0 amide bonds. The zero-order chi connectivity index (χ0) is 18.6. The second kappa shape index (κ2) is 7.90. The maximum Gasteiger partial charge on any atom is 0.343 e. The van der Waals surface area contributed by atoms with Crippen molar-refractivity contribution in [3.8, 4) is 11.5 Å². The van der Waals surface area contributed by atoms with Gasteiger partial charge in [0.15, 0.2) is 11.6 Å². The molecule has 1 aliphatic carbocycles. The molecule has 3 rings (SSSR count). The fourth-order valence-corrected chi connectivity index (χ4v) is 3.59. The first-order valence-electron chi connectivity index (χ1n) is 9.27. The Morgan fingerprint density at radius 3 is 2.50 bits per heavy atom. The number of carbonyl (C=O) groups excluding carboxylic acids is 1. The summed E-state index contributed by atoms with van der Waals surface area (Å²) in [5, 5.41) is 0. The average molecular weight is 356 g/mol. The summed E-state index contributed by atoms with van der Waals surface area (Å²) < 4.78 is 25.8. The van der Waals surface area contributed by atoms with Gasteiger partial charge in [-0.2, -0.15) is 0 Å². The SMILES string of the molecule is CCC(C)(Oc1cc(C(=O)Oc2ccccc2)ccc1F)C1CCCC1. The molecule has 3 nitrogen and oxygen atoms in total. The third-order valence-electron chi connectivity index (χ3n) is 5.38. The van der Waals surface area contributed by atoms with E-state index in [9.17, 15) is 9.18 Å². The second-order valence-electron chi connectivity index (χ2n) is 7.10. The quantitative estimate of drug-likeness (QED) is 0.486. The molecule has 0 bridgehead atoms. The van der Waals surface area contributed by atoms with E-state index in [1.165, 1.54) is 31.0 Å². The predicted molar refractivity (Wildman–Crippen MR) is 99.1 cm³/mol. The largest absolute Gasteiger partial charge is 0.484 e. The van der Waals surface area contributed by atoms with Gasteiger partial charge >= 0.3 is 5.97 Å². The van der Waals surface area contributed by atoms with Crippen molar-refractivity contribution in [3.05, 3.63) is 59.9 Å². The molecule has 2 aromatic carbocycles. The number of carbonyl (C=O) groups is 1. The second-order valence-corrected chi connectivity index (χ2v) is 7.10. The highest BCUT2D eigenvalue weighted by Crippen LogP contribution is 2.39. The number of benzene rings is 2. The molecular weight excluding hydrogens is 331 g/mol. The van der Waals surface area contributed by atoms with Crippen molar-refractivity contribution in [2.24, 2.45) is 5.92 Å². The van der Waals surface area contributed by atoms with E-state index >= 15 is 0 Å². The van der Waals surface area contributed by atoms with Gasteiger partial charge in [0, 0.05) is 0 Å². The molecule has 1 fully saturated rings. The van der Waals surface area contributed by atoms with E-state index in [0.29, 0.717) is 11.7 Å². The Bertz CT molecular complexity index is 753. The molecule has 0 saturated heterocycles. The van der Waals surface area contributed by atoms with Crippen LogP contribution in [0.2, 0.25) is 0 Å². The molecule has 26 heavy (non-hydrogen) atoms. The van der Waals surface area contributed by atoms with Crippen LogP contribution in [0.25, 0.3) is 0 Å². The van der Waals surface area contributed by atoms with Crippen LogP contribution in [0.3, 0.4) is 0 Å². The molecule has 1 saturated carbocycles.